The molecule has 1 atom stereocenters. The molecule has 0 radical (unpaired) electrons. The van der Waals surface area contributed by atoms with E-state index in [4.69, 9.17) is 15.9 Å². The largest absolute Gasteiger partial charge is 1.00 e. The van der Waals surface area contributed by atoms with Gasteiger partial charge in [0.1, 0.15) is 6.04 Å². The molecule has 0 aliphatic heterocycles. The number of unbranched alkanes of at least 4 members (excludes halogenated alkanes) is 9. The molecule has 1 unspecified atom stereocenters. The van der Waals surface area contributed by atoms with Gasteiger partial charge in [0.05, 0.1) is 0 Å². The van der Waals surface area contributed by atoms with Crippen molar-refractivity contribution in [3.63, 3.8) is 0 Å². The molecule has 0 amide bonds. The molecule has 7 heteroatoms. The molecule has 0 spiro atoms. The van der Waals surface area contributed by atoms with E-state index in [9.17, 15) is 14.4 Å². The van der Waals surface area contributed by atoms with Gasteiger partial charge in [-0.15, -0.1) is 0 Å². The summed E-state index contributed by atoms with van der Waals surface area (Å²) in [6.45, 7) is 2.25. The molecule has 24 heavy (non-hydrogen) atoms. The molecule has 0 aromatic heterocycles. The molecule has 0 saturated carbocycles. The second-order valence-corrected chi connectivity index (χ2v) is 5.60. The molecule has 0 rings (SSSR count). The molecule has 0 aliphatic rings. The van der Waals surface area contributed by atoms with Crippen LogP contribution in [-0.2, 0) is 14.4 Å². The predicted molar refractivity (Wildman–Crippen MR) is 90.0 cm³/mol. The molecular weight excluding hydrogens is 321 g/mol. The number of carbonyl (C=O) groups excluding carboxylic acids is 1. The summed E-state index contributed by atoms with van der Waals surface area (Å²) in [5.41, 5.74) is 5.00. The average Bonchev–Trinajstić information content (AvgIpc) is 2.51. The Morgan fingerprint density at radius 2 is 1.42 bits per heavy atom. The van der Waals surface area contributed by atoms with Crippen molar-refractivity contribution < 1.29 is 54.2 Å². The zero-order valence-corrected chi connectivity index (χ0v) is 17.3. The fourth-order valence-electron chi connectivity index (χ4n) is 1.91. The first kappa shape index (κ1) is 28.4. The predicted octanol–water partition coefficient (Wildman–Crippen LogP) is 0.284. The molecule has 6 nitrogen and oxygen atoms in total. The molecule has 0 bridgehead atoms. The van der Waals surface area contributed by atoms with Crippen LogP contribution in [0.1, 0.15) is 84.0 Å². The zero-order valence-electron chi connectivity index (χ0n) is 15.3. The monoisotopic (exact) mass is 353 g/mol. The molecule has 0 saturated heterocycles. The van der Waals surface area contributed by atoms with Crippen molar-refractivity contribution in [2.75, 3.05) is 0 Å². The molecular formula is C17H32NNaO5. The van der Waals surface area contributed by atoms with Crippen molar-refractivity contribution in [2.24, 2.45) is 5.73 Å². The van der Waals surface area contributed by atoms with Gasteiger partial charge in [-0.1, -0.05) is 64.7 Å². The number of aliphatic carboxylic acids is 2. The Morgan fingerprint density at radius 3 is 1.79 bits per heavy atom. The summed E-state index contributed by atoms with van der Waals surface area (Å²) in [7, 11) is 0. The summed E-state index contributed by atoms with van der Waals surface area (Å²) in [4.78, 5) is 29.8. The van der Waals surface area contributed by atoms with Gasteiger partial charge in [-0.25, -0.2) is 0 Å². The maximum Gasteiger partial charge on any atom is 1.00 e. The number of nitrogens with two attached hydrogens (primary N) is 1. The number of carbonyl (C=O) groups is 2. The second-order valence-electron chi connectivity index (χ2n) is 5.60. The van der Waals surface area contributed by atoms with E-state index in [0.717, 1.165) is 6.42 Å². The van der Waals surface area contributed by atoms with Crippen LogP contribution in [0.4, 0.5) is 0 Å². The van der Waals surface area contributed by atoms with Crippen LogP contribution in [0.5, 0.6) is 0 Å². The van der Waals surface area contributed by atoms with Crippen LogP contribution in [0.3, 0.4) is 0 Å². The summed E-state index contributed by atoms with van der Waals surface area (Å²) in [5.74, 6) is -2.20. The fraction of sp³-hybridized carbons (Fsp3) is 0.824. The van der Waals surface area contributed by atoms with E-state index in [0.29, 0.717) is 6.42 Å². The van der Waals surface area contributed by atoms with Crippen LogP contribution in [0.2, 0.25) is 0 Å². The van der Waals surface area contributed by atoms with E-state index < -0.39 is 18.0 Å². The SMILES string of the molecule is CCCCCCCCCCC[C-]=O.NC(CCC(=O)O)C(=O)O.[Na+]. The van der Waals surface area contributed by atoms with Gasteiger partial charge >= 0.3 is 41.5 Å². The third kappa shape index (κ3) is 26.5. The Labute approximate surface area is 167 Å². The Balaban J connectivity index is -0.000000364. The van der Waals surface area contributed by atoms with Gasteiger partial charge in [0.15, 0.2) is 0 Å². The summed E-state index contributed by atoms with van der Waals surface area (Å²) >= 11 is 0. The quantitative estimate of drug-likeness (QED) is 0.235. The minimum atomic E-state index is -1.17. The topological polar surface area (TPSA) is 118 Å². The van der Waals surface area contributed by atoms with E-state index in [-0.39, 0.29) is 42.4 Å². The first-order chi connectivity index (χ1) is 11.0. The van der Waals surface area contributed by atoms with Crippen LogP contribution in [0, 0.1) is 0 Å². The smallest absolute Gasteiger partial charge is 0.542 e. The normalized spacial score (nSPS) is 10.8. The number of hydrogen-bond donors (Lipinski definition) is 3. The molecule has 0 aliphatic carbocycles. The number of carboxylic acids is 2. The van der Waals surface area contributed by atoms with E-state index in [2.05, 4.69) is 6.92 Å². The summed E-state index contributed by atoms with van der Waals surface area (Å²) in [5, 5.41) is 16.3. The van der Waals surface area contributed by atoms with Crippen molar-refractivity contribution in [3.05, 3.63) is 0 Å². The third-order valence-corrected chi connectivity index (χ3v) is 3.37. The van der Waals surface area contributed by atoms with Crippen LogP contribution in [0.15, 0.2) is 0 Å². The standard InChI is InChI=1S/C12H23O.C5H9NO4.Na/c1-2-3-4-5-6-7-8-9-10-11-12-13;6-3(5(9)10)1-2-4(7)8;/h2-11H2,1H3;3H,1-2,6H2,(H,7,8)(H,9,10);/q-1;;+1. The average molecular weight is 353 g/mol. The third-order valence-electron chi connectivity index (χ3n) is 3.37. The minimum Gasteiger partial charge on any atom is -0.542 e. The molecule has 4 N–H and O–H groups in total. The van der Waals surface area contributed by atoms with E-state index in [1.165, 1.54) is 51.4 Å². The van der Waals surface area contributed by atoms with Crippen molar-refractivity contribution in [1.29, 1.82) is 0 Å². The first-order valence-corrected chi connectivity index (χ1v) is 8.50. The van der Waals surface area contributed by atoms with Gasteiger partial charge in [-0.2, -0.15) is 6.42 Å². The van der Waals surface area contributed by atoms with Crippen molar-refractivity contribution in [1.82, 2.24) is 0 Å². The van der Waals surface area contributed by atoms with Crippen LogP contribution in [-0.4, -0.2) is 34.5 Å². The molecule has 0 fully saturated rings. The molecule has 136 valence electrons. The van der Waals surface area contributed by atoms with Gasteiger partial charge in [0.25, 0.3) is 0 Å². The van der Waals surface area contributed by atoms with Gasteiger partial charge in [0, 0.05) is 6.42 Å². The summed E-state index contributed by atoms with van der Waals surface area (Å²) in [6.07, 6.45) is 14.1. The number of carboxylic acid groups (broad SMARTS) is 2. The summed E-state index contributed by atoms with van der Waals surface area (Å²) < 4.78 is 0. The zero-order chi connectivity index (χ0) is 17.9. The molecule has 0 aromatic rings. The Hall–Kier alpha value is -0.430. The molecule has 0 heterocycles. The summed E-state index contributed by atoms with van der Waals surface area (Å²) in [6, 6.07) is -1.06. The van der Waals surface area contributed by atoms with Gasteiger partial charge in [-0.05, 0) is 6.42 Å². The second kappa shape index (κ2) is 22.6. The Morgan fingerprint density at radius 1 is 0.958 bits per heavy atom. The minimum absolute atomic E-state index is 0. The number of hydrogen-bond acceptors (Lipinski definition) is 4. The van der Waals surface area contributed by atoms with E-state index >= 15 is 0 Å². The van der Waals surface area contributed by atoms with Crippen molar-refractivity contribution >= 4 is 18.2 Å². The van der Waals surface area contributed by atoms with Crippen LogP contribution >= 0.6 is 0 Å². The maximum atomic E-state index is 9.99. The first-order valence-electron chi connectivity index (χ1n) is 8.50. The van der Waals surface area contributed by atoms with Crippen molar-refractivity contribution in [2.45, 2.75) is 90.0 Å². The van der Waals surface area contributed by atoms with Crippen LogP contribution in [0.25, 0.3) is 0 Å². The molecule has 0 aromatic carbocycles. The fourth-order valence-corrected chi connectivity index (χ4v) is 1.91. The van der Waals surface area contributed by atoms with Crippen LogP contribution < -0.4 is 35.3 Å². The van der Waals surface area contributed by atoms with Gasteiger partial charge in [-0.3, -0.25) is 15.9 Å². The van der Waals surface area contributed by atoms with E-state index in [1.54, 1.807) is 0 Å². The van der Waals surface area contributed by atoms with Crippen molar-refractivity contribution in [3.8, 4) is 0 Å². The Bertz CT molecular complexity index is 313. The maximum absolute atomic E-state index is 9.99. The van der Waals surface area contributed by atoms with Gasteiger partial charge in [0.2, 0.25) is 0 Å². The van der Waals surface area contributed by atoms with E-state index in [1.807, 2.05) is 6.29 Å². The number of rotatable bonds is 14. The van der Waals surface area contributed by atoms with Gasteiger partial charge < -0.3 is 20.7 Å². The Kier molecular flexibility index (Phi) is 26.7.